The van der Waals surface area contributed by atoms with Gasteiger partial charge >= 0.3 is 0 Å². The number of benzene rings is 1. The van der Waals surface area contributed by atoms with Crippen molar-refractivity contribution in [1.82, 2.24) is 0 Å². The summed E-state index contributed by atoms with van der Waals surface area (Å²) >= 11 is 0. The smallest absolute Gasteiger partial charge is 0.287 e. The second-order valence-electron chi connectivity index (χ2n) is 3.69. The Kier molecular flexibility index (Phi) is 5.08. The van der Waals surface area contributed by atoms with E-state index in [2.05, 4.69) is 0 Å². The summed E-state index contributed by atoms with van der Waals surface area (Å²) in [5, 5.41) is 19.6. The highest BCUT2D eigenvalue weighted by atomic mass is 16.6. The van der Waals surface area contributed by atoms with E-state index in [1.807, 2.05) is 24.9 Å². The van der Waals surface area contributed by atoms with Gasteiger partial charge in [0.1, 0.15) is 11.6 Å². The molecule has 0 bridgehead atoms. The van der Waals surface area contributed by atoms with E-state index in [0.29, 0.717) is 19.8 Å². The highest BCUT2D eigenvalue weighted by Crippen LogP contribution is 2.23. The lowest BCUT2D eigenvalue weighted by Crippen LogP contribution is -2.22. The maximum absolute atomic E-state index is 10.7. The summed E-state index contributed by atoms with van der Waals surface area (Å²) in [4.78, 5) is 12.0. The predicted molar refractivity (Wildman–Crippen MR) is 67.6 cm³/mol. The molecule has 0 amide bonds. The Morgan fingerprint density at radius 2 is 2.28 bits per heavy atom. The Morgan fingerprint density at radius 3 is 2.83 bits per heavy atom. The molecule has 0 N–H and O–H groups in total. The second-order valence-corrected chi connectivity index (χ2v) is 3.69. The number of hydrogen-bond donors (Lipinski definition) is 0. The summed E-state index contributed by atoms with van der Waals surface area (Å²) < 4.78 is 5.23. The minimum Gasteiger partial charge on any atom is -0.380 e. The van der Waals surface area contributed by atoms with Crippen LogP contribution in [0.25, 0.3) is 0 Å². The Hall–Kier alpha value is -2.13. The van der Waals surface area contributed by atoms with E-state index in [9.17, 15) is 10.1 Å². The van der Waals surface area contributed by atoms with Crippen LogP contribution in [-0.2, 0) is 4.74 Å². The topological polar surface area (TPSA) is 79.4 Å². The zero-order chi connectivity index (χ0) is 13.5. The highest BCUT2D eigenvalue weighted by Gasteiger charge is 2.14. The molecule has 0 aromatic heterocycles. The third kappa shape index (κ3) is 3.43. The molecule has 0 heterocycles. The SMILES string of the molecule is CCOCCN(C)c1ccc([N+](=O)[O-])c(C#N)c1. The van der Waals surface area contributed by atoms with E-state index in [1.54, 1.807) is 6.07 Å². The summed E-state index contributed by atoms with van der Waals surface area (Å²) in [5.74, 6) is 0. The summed E-state index contributed by atoms with van der Waals surface area (Å²) in [6, 6.07) is 6.34. The van der Waals surface area contributed by atoms with Crippen LogP contribution in [0.5, 0.6) is 0 Å². The Balaban J connectivity index is 2.85. The number of likely N-dealkylation sites (N-methyl/N-ethyl adjacent to an activating group) is 1. The first-order valence-corrected chi connectivity index (χ1v) is 5.57. The largest absolute Gasteiger partial charge is 0.380 e. The van der Waals surface area contributed by atoms with Gasteiger partial charge in [-0.2, -0.15) is 5.26 Å². The Morgan fingerprint density at radius 1 is 1.56 bits per heavy atom. The van der Waals surface area contributed by atoms with Crippen LogP contribution in [0.1, 0.15) is 12.5 Å². The molecule has 0 unspecified atom stereocenters. The molecule has 0 saturated heterocycles. The zero-order valence-corrected chi connectivity index (χ0v) is 10.4. The normalized spacial score (nSPS) is 9.83. The van der Waals surface area contributed by atoms with E-state index < -0.39 is 4.92 Å². The minimum absolute atomic E-state index is 0.0701. The average molecular weight is 249 g/mol. The lowest BCUT2D eigenvalue weighted by Gasteiger charge is -2.19. The molecule has 0 saturated carbocycles. The standard InChI is InChI=1S/C12H15N3O3/c1-3-18-7-6-14(2)11-4-5-12(15(16)17)10(8-11)9-13/h4-5,8H,3,6-7H2,1-2H3. The Labute approximate surface area is 106 Å². The van der Waals surface area contributed by atoms with Gasteiger partial charge in [-0.1, -0.05) is 0 Å². The molecule has 0 atom stereocenters. The second kappa shape index (κ2) is 6.57. The molecule has 1 rings (SSSR count). The monoisotopic (exact) mass is 249 g/mol. The molecular weight excluding hydrogens is 234 g/mol. The number of anilines is 1. The van der Waals surface area contributed by atoms with E-state index in [1.165, 1.54) is 12.1 Å². The molecule has 0 spiro atoms. The first-order valence-electron chi connectivity index (χ1n) is 5.57. The van der Waals surface area contributed by atoms with E-state index in [0.717, 1.165) is 5.69 Å². The fourth-order valence-electron chi connectivity index (χ4n) is 1.49. The molecule has 96 valence electrons. The van der Waals surface area contributed by atoms with Crippen molar-refractivity contribution in [3.8, 4) is 6.07 Å². The van der Waals surface area contributed by atoms with Crippen LogP contribution in [0.4, 0.5) is 11.4 Å². The van der Waals surface area contributed by atoms with Gasteiger partial charge < -0.3 is 9.64 Å². The van der Waals surface area contributed by atoms with Crippen molar-refractivity contribution >= 4 is 11.4 Å². The molecule has 0 radical (unpaired) electrons. The lowest BCUT2D eigenvalue weighted by molar-refractivity contribution is -0.385. The fourth-order valence-corrected chi connectivity index (χ4v) is 1.49. The number of nitriles is 1. The fraction of sp³-hybridized carbons (Fsp3) is 0.417. The Bertz CT molecular complexity index is 468. The van der Waals surface area contributed by atoms with Crippen molar-refractivity contribution in [3.05, 3.63) is 33.9 Å². The summed E-state index contributed by atoms with van der Waals surface area (Å²) in [6.07, 6.45) is 0. The van der Waals surface area contributed by atoms with Gasteiger partial charge in [-0.25, -0.2) is 0 Å². The number of nitrogens with zero attached hydrogens (tertiary/aromatic N) is 3. The minimum atomic E-state index is -0.553. The third-order valence-corrected chi connectivity index (χ3v) is 2.51. The van der Waals surface area contributed by atoms with Crippen LogP contribution in [0.3, 0.4) is 0 Å². The van der Waals surface area contributed by atoms with Crippen molar-refractivity contribution in [2.45, 2.75) is 6.92 Å². The molecule has 0 fully saturated rings. The zero-order valence-electron chi connectivity index (χ0n) is 10.4. The average Bonchev–Trinajstić information content (AvgIpc) is 2.37. The highest BCUT2D eigenvalue weighted by molar-refractivity contribution is 5.59. The van der Waals surface area contributed by atoms with Crippen molar-refractivity contribution in [2.24, 2.45) is 0 Å². The predicted octanol–water partition coefficient (Wildman–Crippen LogP) is 1.94. The van der Waals surface area contributed by atoms with Crippen LogP contribution < -0.4 is 4.90 Å². The first-order chi connectivity index (χ1) is 8.60. The van der Waals surface area contributed by atoms with Crippen molar-refractivity contribution < 1.29 is 9.66 Å². The maximum Gasteiger partial charge on any atom is 0.287 e. The van der Waals surface area contributed by atoms with Gasteiger partial charge in [0, 0.05) is 32.0 Å². The van der Waals surface area contributed by atoms with E-state index in [4.69, 9.17) is 10.00 Å². The number of rotatable bonds is 6. The van der Waals surface area contributed by atoms with Gasteiger partial charge in [0.25, 0.3) is 5.69 Å². The van der Waals surface area contributed by atoms with E-state index in [-0.39, 0.29) is 11.3 Å². The number of ether oxygens (including phenoxy) is 1. The van der Waals surface area contributed by atoms with Gasteiger partial charge in [0.05, 0.1) is 11.5 Å². The van der Waals surface area contributed by atoms with Crippen molar-refractivity contribution in [3.63, 3.8) is 0 Å². The van der Waals surface area contributed by atoms with Crippen LogP contribution >= 0.6 is 0 Å². The van der Waals surface area contributed by atoms with Crippen molar-refractivity contribution in [2.75, 3.05) is 31.7 Å². The number of nitro groups is 1. The molecule has 18 heavy (non-hydrogen) atoms. The molecule has 1 aromatic carbocycles. The van der Waals surface area contributed by atoms with Crippen molar-refractivity contribution in [1.29, 1.82) is 5.26 Å². The van der Waals surface area contributed by atoms with Gasteiger partial charge in [0.2, 0.25) is 0 Å². The van der Waals surface area contributed by atoms with Crippen LogP contribution in [0, 0.1) is 21.4 Å². The summed E-state index contributed by atoms with van der Waals surface area (Å²) in [6.45, 7) is 3.81. The van der Waals surface area contributed by atoms with Crippen LogP contribution in [0.2, 0.25) is 0 Å². The summed E-state index contributed by atoms with van der Waals surface area (Å²) in [5.41, 5.74) is 0.664. The molecule has 1 aromatic rings. The van der Waals surface area contributed by atoms with Gasteiger partial charge in [-0.05, 0) is 19.1 Å². The quantitative estimate of drug-likeness (QED) is 0.437. The van der Waals surface area contributed by atoms with Crippen LogP contribution in [-0.4, -0.2) is 31.7 Å². The maximum atomic E-state index is 10.7. The molecular formula is C12H15N3O3. The third-order valence-electron chi connectivity index (χ3n) is 2.51. The number of hydrogen-bond acceptors (Lipinski definition) is 5. The molecule has 0 aliphatic carbocycles. The first kappa shape index (κ1) is 13.9. The van der Waals surface area contributed by atoms with Gasteiger partial charge in [-0.3, -0.25) is 10.1 Å². The summed E-state index contributed by atoms with van der Waals surface area (Å²) in [7, 11) is 1.85. The van der Waals surface area contributed by atoms with Gasteiger partial charge in [0.15, 0.2) is 0 Å². The molecule has 0 aliphatic heterocycles. The van der Waals surface area contributed by atoms with Crippen LogP contribution in [0.15, 0.2) is 18.2 Å². The van der Waals surface area contributed by atoms with E-state index >= 15 is 0 Å². The molecule has 0 aliphatic rings. The molecule has 6 nitrogen and oxygen atoms in total. The lowest BCUT2D eigenvalue weighted by atomic mass is 10.1. The number of nitro benzene ring substituents is 1. The van der Waals surface area contributed by atoms with Gasteiger partial charge in [-0.15, -0.1) is 0 Å². The molecule has 6 heteroatoms.